The van der Waals surface area contributed by atoms with Gasteiger partial charge in [-0.15, -0.1) is 0 Å². The van der Waals surface area contributed by atoms with Crippen LogP contribution in [0.4, 0.5) is 4.39 Å². The van der Waals surface area contributed by atoms with E-state index >= 15 is 0 Å². The molecule has 0 bridgehead atoms. The molecule has 0 saturated carbocycles. The van der Waals surface area contributed by atoms with Crippen molar-refractivity contribution in [3.05, 3.63) is 59.7 Å². The molecule has 0 radical (unpaired) electrons. The van der Waals surface area contributed by atoms with Gasteiger partial charge in [0.1, 0.15) is 11.6 Å². The van der Waals surface area contributed by atoms with Crippen LogP contribution in [0.3, 0.4) is 0 Å². The summed E-state index contributed by atoms with van der Waals surface area (Å²) in [6, 6.07) is 7.16. The molecule has 0 unspecified atom stereocenters. The third kappa shape index (κ3) is 3.51. The Morgan fingerprint density at radius 2 is 2.21 bits per heavy atom. The average molecular weight is 260 g/mol. The smallest absolute Gasteiger partial charge is 0.254 e. The molecule has 0 aliphatic heterocycles. The van der Waals surface area contributed by atoms with Crippen LogP contribution < -0.4 is 5.32 Å². The molecular formula is C14H13FN2O2. The lowest BCUT2D eigenvalue weighted by Crippen LogP contribution is -2.26. The lowest BCUT2D eigenvalue weighted by molar-refractivity contribution is 0.0950. The van der Waals surface area contributed by atoms with E-state index in [1.54, 1.807) is 12.4 Å². The van der Waals surface area contributed by atoms with Crippen molar-refractivity contribution < 1.29 is 14.3 Å². The summed E-state index contributed by atoms with van der Waals surface area (Å²) in [6.45, 7) is 0.394. The van der Waals surface area contributed by atoms with Gasteiger partial charge in [0.05, 0.1) is 5.56 Å². The number of aromatic nitrogens is 1. The Hall–Kier alpha value is -2.43. The second-order valence-corrected chi connectivity index (χ2v) is 4.03. The number of rotatable bonds is 4. The molecule has 0 aliphatic rings. The summed E-state index contributed by atoms with van der Waals surface area (Å²) in [4.78, 5) is 15.7. The maximum Gasteiger partial charge on any atom is 0.254 e. The van der Waals surface area contributed by atoms with Gasteiger partial charge in [-0.25, -0.2) is 4.39 Å². The second kappa shape index (κ2) is 5.95. The second-order valence-electron chi connectivity index (χ2n) is 4.03. The molecule has 1 aromatic heterocycles. The molecule has 0 saturated heterocycles. The standard InChI is InChI=1S/C14H13FN2O2/c15-13-8-11(18)3-4-12(13)14(19)17-7-5-10-2-1-6-16-9-10/h1-4,6,8-9,18H,5,7H2,(H,17,19). The summed E-state index contributed by atoms with van der Waals surface area (Å²) in [5.41, 5.74) is 0.915. The van der Waals surface area contributed by atoms with Gasteiger partial charge in [-0.2, -0.15) is 0 Å². The van der Waals surface area contributed by atoms with Crippen molar-refractivity contribution in [1.29, 1.82) is 0 Å². The van der Waals surface area contributed by atoms with E-state index in [1.807, 2.05) is 12.1 Å². The highest BCUT2D eigenvalue weighted by Crippen LogP contribution is 2.14. The minimum absolute atomic E-state index is 0.0796. The normalized spacial score (nSPS) is 10.2. The Kier molecular flexibility index (Phi) is 4.07. The van der Waals surface area contributed by atoms with Crippen LogP contribution in [0.15, 0.2) is 42.7 Å². The van der Waals surface area contributed by atoms with Gasteiger partial charge in [-0.05, 0) is 30.2 Å². The summed E-state index contributed by atoms with van der Waals surface area (Å²) in [5, 5.41) is 11.7. The van der Waals surface area contributed by atoms with Crippen LogP contribution in [0.25, 0.3) is 0 Å². The van der Waals surface area contributed by atoms with Gasteiger partial charge >= 0.3 is 0 Å². The van der Waals surface area contributed by atoms with Gasteiger partial charge in [0.25, 0.3) is 5.91 Å². The van der Waals surface area contributed by atoms with E-state index in [4.69, 9.17) is 5.11 Å². The number of pyridine rings is 1. The van der Waals surface area contributed by atoms with Crippen molar-refractivity contribution in [2.24, 2.45) is 0 Å². The van der Waals surface area contributed by atoms with Crippen molar-refractivity contribution in [1.82, 2.24) is 10.3 Å². The van der Waals surface area contributed by atoms with Crippen LogP contribution in [0.1, 0.15) is 15.9 Å². The fourth-order valence-electron chi connectivity index (χ4n) is 1.65. The van der Waals surface area contributed by atoms with Crippen molar-refractivity contribution in [3.8, 4) is 5.75 Å². The Morgan fingerprint density at radius 1 is 1.37 bits per heavy atom. The summed E-state index contributed by atoms with van der Waals surface area (Å²) >= 11 is 0. The number of hydrogen-bond donors (Lipinski definition) is 2. The van der Waals surface area contributed by atoms with Crippen LogP contribution in [-0.4, -0.2) is 22.5 Å². The molecule has 2 N–H and O–H groups in total. The molecular weight excluding hydrogens is 247 g/mol. The first-order valence-electron chi connectivity index (χ1n) is 5.82. The van der Waals surface area contributed by atoms with Crippen molar-refractivity contribution in [2.45, 2.75) is 6.42 Å². The van der Waals surface area contributed by atoms with Crippen molar-refractivity contribution in [2.75, 3.05) is 6.54 Å². The number of benzene rings is 1. The minimum Gasteiger partial charge on any atom is -0.508 e. The number of carbonyl (C=O) groups excluding carboxylic acids is 1. The first kappa shape index (κ1) is 13.0. The van der Waals surface area contributed by atoms with Gasteiger partial charge in [-0.1, -0.05) is 6.07 Å². The third-order valence-corrected chi connectivity index (χ3v) is 2.62. The van der Waals surface area contributed by atoms with E-state index in [2.05, 4.69) is 10.3 Å². The summed E-state index contributed by atoms with van der Waals surface area (Å²) in [5.74, 6) is -1.44. The zero-order valence-electron chi connectivity index (χ0n) is 10.1. The monoisotopic (exact) mass is 260 g/mol. The molecule has 0 atom stereocenters. The van der Waals surface area contributed by atoms with Crippen LogP contribution >= 0.6 is 0 Å². The average Bonchev–Trinajstić information content (AvgIpc) is 2.39. The number of aromatic hydroxyl groups is 1. The number of carbonyl (C=O) groups is 1. The number of halogens is 1. The van der Waals surface area contributed by atoms with Gasteiger partial charge in [0, 0.05) is 25.0 Å². The van der Waals surface area contributed by atoms with Crippen molar-refractivity contribution >= 4 is 5.91 Å². The predicted molar refractivity (Wildman–Crippen MR) is 68.3 cm³/mol. The number of amides is 1. The largest absolute Gasteiger partial charge is 0.508 e. The van der Waals surface area contributed by atoms with E-state index in [0.717, 1.165) is 11.6 Å². The number of phenolic OH excluding ortho intramolecular Hbond substituents is 1. The molecule has 0 spiro atoms. The lowest BCUT2D eigenvalue weighted by atomic mass is 10.1. The predicted octanol–water partition coefficient (Wildman–Crippen LogP) is 1.90. The maximum absolute atomic E-state index is 13.4. The molecule has 0 fully saturated rings. The Morgan fingerprint density at radius 3 is 2.89 bits per heavy atom. The highest BCUT2D eigenvalue weighted by Gasteiger charge is 2.11. The maximum atomic E-state index is 13.4. The lowest BCUT2D eigenvalue weighted by Gasteiger charge is -2.06. The quantitative estimate of drug-likeness (QED) is 0.882. The van der Waals surface area contributed by atoms with Gasteiger partial charge in [-0.3, -0.25) is 9.78 Å². The highest BCUT2D eigenvalue weighted by molar-refractivity contribution is 5.94. The summed E-state index contributed by atoms with van der Waals surface area (Å²) in [6.07, 6.45) is 4.01. The summed E-state index contributed by atoms with van der Waals surface area (Å²) < 4.78 is 13.4. The minimum atomic E-state index is -0.737. The van der Waals surface area contributed by atoms with Crippen molar-refractivity contribution in [3.63, 3.8) is 0 Å². The van der Waals surface area contributed by atoms with E-state index < -0.39 is 11.7 Å². The molecule has 1 heterocycles. The number of phenols is 1. The Labute approximate surface area is 109 Å². The third-order valence-electron chi connectivity index (χ3n) is 2.62. The first-order chi connectivity index (χ1) is 9.16. The van der Waals surface area contributed by atoms with E-state index in [-0.39, 0.29) is 11.3 Å². The first-order valence-corrected chi connectivity index (χ1v) is 5.82. The van der Waals surface area contributed by atoms with Crippen LogP contribution in [0, 0.1) is 5.82 Å². The van der Waals surface area contributed by atoms with Gasteiger partial charge in [0.15, 0.2) is 0 Å². The zero-order valence-corrected chi connectivity index (χ0v) is 10.1. The SMILES string of the molecule is O=C(NCCc1cccnc1)c1ccc(O)cc1F. The molecule has 98 valence electrons. The zero-order chi connectivity index (χ0) is 13.7. The number of hydrogen-bond acceptors (Lipinski definition) is 3. The molecule has 0 aliphatic carbocycles. The molecule has 5 heteroatoms. The van der Waals surface area contributed by atoms with E-state index in [9.17, 15) is 9.18 Å². The summed E-state index contributed by atoms with van der Waals surface area (Å²) in [7, 11) is 0. The van der Waals surface area contributed by atoms with E-state index in [1.165, 1.54) is 12.1 Å². The fraction of sp³-hybridized carbons (Fsp3) is 0.143. The molecule has 1 aromatic carbocycles. The van der Waals surface area contributed by atoms with Crippen LogP contribution in [-0.2, 0) is 6.42 Å². The Balaban J connectivity index is 1.91. The number of nitrogens with one attached hydrogen (secondary N) is 1. The van der Waals surface area contributed by atoms with Crippen LogP contribution in [0.2, 0.25) is 0 Å². The van der Waals surface area contributed by atoms with Crippen LogP contribution in [0.5, 0.6) is 5.75 Å². The molecule has 2 aromatic rings. The molecule has 4 nitrogen and oxygen atoms in total. The Bertz CT molecular complexity index is 573. The fourth-order valence-corrected chi connectivity index (χ4v) is 1.65. The topological polar surface area (TPSA) is 62.2 Å². The molecule has 2 rings (SSSR count). The van der Waals surface area contributed by atoms with Gasteiger partial charge < -0.3 is 10.4 Å². The molecule has 1 amide bonds. The highest BCUT2D eigenvalue weighted by atomic mass is 19.1. The molecule has 19 heavy (non-hydrogen) atoms. The van der Waals surface area contributed by atoms with E-state index in [0.29, 0.717) is 13.0 Å². The number of nitrogens with zero attached hydrogens (tertiary/aromatic N) is 1. The van der Waals surface area contributed by atoms with Gasteiger partial charge in [0.2, 0.25) is 0 Å².